The summed E-state index contributed by atoms with van der Waals surface area (Å²) in [6.45, 7) is 2.91. The van der Waals surface area contributed by atoms with E-state index in [-0.39, 0.29) is 42.5 Å². The van der Waals surface area contributed by atoms with E-state index in [0.717, 1.165) is 18.3 Å². The van der Waals surface area contributed by atoms with Crippen molar-refractivity contribution >= 4 is 17.5 Å². The normalized spacial score (nSPS) is 26.8. The summed E-state index contributed by atoms with van der Waals surface area (Å²) in [5.74, 6) is -4.22. The molecule has 0 aliphatic carbocycles. The summed E-state index contributed by atoms with van der Waals surface area (Å²) >= 11 is 0. The zero-order chi connectivity index (χ0) is 25.9. The van der Waals surface area contributed by atoms with E-state index in [2.05, 4.69) is 10.5 Å². The average molecular weight is 504 g/mol. The van der Waals surface area contributed by atoms with Gasteiger partial charge in [0.25, 0.3) is 11.8 Å². The Morgan fingerprint density at radius 1 is 1.33 bits per heavy atom. The molecular weight excluding hydrogens is 481 g/mol. The maximum absolute atomic E-state index is 15.5. The lowest BCUT2D eigenvalue weighted by Gasteiger charge is -2.42. The first kappa shape index (κ1) is 23.9. The summed E-state index contributed by atoms with van der Waals surface area (Å²) in [6.07, 6.45) is 0.0648. The van der Waals surface area contributed by atoms with E-state index < -0.39 is 58.0 Å². The third-order valence-electron chi connectivity index (χ3n) is 7.28. The van der Waals surface area contributed by atoms with E-state index in [9.17, 15) is 28.3 Å². The smallest absolute Gasteiger partial charge is 0.274 e. The molecule has 3 aliphatic heterocycles. The van der Waals surface area contributed by atoms with E-state index in [1.165, 1.54) is 16.4 Å². The molecule has 9 nitrogen and oxygen atoms in total. The molecule has 0 radical (unpaired) electrons. The number of pyridine rings is 1. The predicted octanol–water partition coefficient (Wildman–Crippen LogP) is 2.42. The van der Waals surface area contributed by atoms with Crippen LogP contribution in [0.5, 0.6) is 5.75 Å². The highest BCUT2D eigenvalue weighted by molar-refractivity contribution is 5.99. The van der Waals surface area contributed by atoms with Crippen molar-refractivity contribution in [1.29, 1.82) is 0 Å². The summed E-state index contributed by atoms with van der Waals surface area (Å²) in [4.78, 5) is 46.1. The number of alkyl halides is 1. The third-order valence-corrected chi connectivity index (χ3v) is 7.28. The molecule has 2 N–H and O–H groups in total. The first-order chi connectivity index (χ1) is 17.0. The number of rotatable bonds is 3. The van der Waals surface area contributed by atoms with Crippen molar-refractivity contribution in [3.8, 4) is 5.75 Å². The number of carbonyl (C=O) groups excluding carboxylic acids is 2. The fraction of sp³-hybridized carbons (Fsp3) is 0.417. The second-order valence-corrected chi connectivity index (χ2v) is 9.40. The van der Waals surface area contributed by atoms with Gasteiger partial charge in [0.1, 0.15) is 17.2 Å². The SMILES string of the molecule is CC1=NO[C@@]2(CC[C@H](C)N3C[C@H]2n2cc(C(=O)NCc4ccc(F)cc4F)c(=O)c(O)c2C3=O)[C@@H]1F. The molecular formula is C24H23F3N4O5. The van der Waals surface area contributed by atoms with Gasteiger partial charge in [0.2, 0.25) is 5.43 Å². The first-order valence-corrected chi connectivity index (χ1v) is 11.4. The first-order valence-electron chi connectivity index (χ1n) is 11.4. The second kappa shape index (κ2) is 8.38. The van der Waals surface area contributed by atoms with Crippen LogP contribution in [0.3, 0.4) is 0 Å². The van der Waals surface area contributed by atoms with Crippen LogP contribution >= 0.6 is 0 Å². The third kappa shape index (κ3) is 3.46. The summed E-state index contributed by atoms with van der Waals surface area (Å²) in [5, 5.41) is 17.0. The molecule has 5 rings (SSSR count). The van der Waals surface area contributed by atoms with Crippen molar-refractivity contribution in [3.05, 3.63) is 63.1 Å². The Morgan fingerprint density at radius 2 is 2.08 bits per heavy atom. The minimum Gasteiger partial charge on any atom is -0.503 e. The number of aromatic nitrogens is 1. The van der Waals surface area contributed by atoms with Gasteiger partial charge in [-0.3, -0.25) is 14.4 Å². The maximum Gasteiger partial charge on any atom is 0.274 e. The lowest BCUT2D eigenvalue weighted by molar-refractivity contribution is -0.0956. The summed E-state index contributed by atoms with van der Waals surface area (Å²) in [7, 11) is 0. The lowest BCUT2D eigenvalue weighted by atomic mass is 9.82. The molecule has 36 heavy (non-hydrogen) atoms. The van der Waals surface area contributed by atoms with Crippen LogP contribution in [0.4, 0.5) is 13.2 Å². The molecule has 2 aromatic rings. The molecule has 0 unspecified atom stereocenters. The number of carbonyl (C=O) groups is 2. The highest BCUT2D eigenvalue weighted by Crippen LogP contribution is 2.47. The van der Waals surface area contributed by atoms with Crippen molar-refractivity contribution in [2.75, 3.05) is 6.54 Å². The van der Waals surface area contributed by atoms with Gasteiger partial charge in [0.15, 0.2) is 23.2 Å². The monoisotopic (exact) mass is 504 g/mol. The Hall–Kier alpha value is -3.83. The van der Waals surface area contributed by atoms with E-state index in [1.54, 1.807) is 6.92 Å². The zero-order valence-electron chi connectivity index (χ0n) is 19.4. The van der Waals surface area contributed by atoms with Crippen LogP contribution in [-0.2, 0) is 11.4 Å². The molecule has 1 fully saturated rings. The molecule has 1 aromatic heterocycles. The number of halogens is 3. The van der Waals surface area contributed by atoms with Crippen LogP contribution in [-0.4, -0.2) is 56.5 Å². The van der Waals surface area contributed by atoms with Gasteiger partial charge in [-0.2, -0.15) is 0 Å². The Balaban J connectivity index is 1.57. The fourth-order valence-corrected chi connectivity index (χ4v) is 5.20. The Kier molecular flexibility index (Phi) is 5.56. The van der Waals surface area contributed by atoms with Crippen molar-refractivity contribution in [1.82, 2.24) is 14.8 Å². The minimum absolute atomic E-state index is 0.0143. The molecule has 190 valence electrons. The molecule has 1 aromatic carbocycles. The van der Waals surface area contributed by atoms with Crippen molar-refractivity contribution < 1.29 is 32.7 Å². The summed E-state index contributed by atoms with van der Waals surface area (Å²) in [5.41, 5.74) is -3.41. The van der Waals surface area contributed by atoms with Gasteiger partial charge in [-0.25, -0.2) is 13.2 Å². The van der Waals surface area contributed by atoms with Crippen LogP contribution < -0.4 is 10.7 Å². The fourth-order valence-electron chi connectivity index (χ4n) is 5.20. The van der Waals surface area contributed by atoms with Crippen molar-refractivity contribution in [2.45, 2.75) is 57.1 Å². The number of hydrogen-bond donors (Lipinski definition) is 2. The van der Waals surface area contributed by atoms with Gasteiger partial charge in [-0.05, 0) is 32.8 Å². The van der Waals surface area contributed by atoms with E-state index in [1.807, 2.05) is 0 Å². The van der Waals surface area contributed by atoms with Crippen LogP contribution in [0.25, 0.3) is 0 Å². The van der Waals surface area contributed by atoms with E-state index >= 15 is 4.39 Å². The van der Waals surface area contributed by atoms with Crippen molar-refractivity contribution in [2.24, 2.45) is 5.16 Å². The number of nitrogens with one attached hydrogen (secondary N) is 1. The van der Waals surface area contributed by atoms with Gasteiger partial charge in [-0.1, -0.05) is 11.2 Å². The number of aromatic hydroxyl groups is 1. The largest absolute Gasteiger partial charge is 0.503 e. The van der Waals surface area contributed by atoms with Crippen LogP contribution in [0.15, 0.2) is 34.3 Å². The van der Waals surface area contributed by atoms with Gasteiger partial charge in [0.05, 0.1) is 11.8 Å². The number of oxime groups is 1. The highest BCUT2D eigenvalue weighted by Gasteiger charge is 2.59. The van der Waals surface area contributed by atoms with E-state index in [0.29, 0.717) is 12.5 Å². The molecule has 1 spiro atoms. The summed E-state index contributed by atoms with van der Waals surface area (Å²) in [6, 6.07) is 1.59. The lowest BCUT2D eigenvalue weighted by Crippen LogP contribution is -2.55. The molecule has 4 heterocycles. The molecule has 2 bridgehead atoms. The molecule has 3 aliphatic rings. The van der Waals surface area contributed by atoms with Gasteiger partial charge in [-0.15, -0.1) is 0 Å². The Morgan fingerprint density at radius 3 is 2.75 bits per heavy atom. The quantitative estimate of drug-likeness (QED) is 0.667. The van der Waals surface area contributed by atoms with Crippen molar-refractivity contribution in [3.63, 3.8) is 0 Å². The molecule has 12 heteroatoms. The van der Waals surface area contributed by atoms with Crippen LogP contribution in [0.1, 0.15) is 59.1 Å². The Labute approximate surface area is 203 Å². The van der Waals surface area contributed by atoms with Crippen LogP contribution in [0.2, 0.25) is 0 Å². The summed E-state index contributed by atoms with van der Waals surface area (Å²) < 4.78 is 43.9. The average Bonchev–Trinajstić information content (AvgIpc) is 3.05. The zero-order valence-corrected chi connectivity index (χ0v) is 19.4. The molecule has 0 saturated carbocycles. The van der Waals surface area contributed by atoms with E-state index in [4.69, 9.17) is 4.84 Å². The van der Waals surface area contributed by atoms with Gasteiger partial charge < -0.3 is 24.7 Å². The van der Waals surface area contributed by atoms with Crippen LogP contribution in [0, 0.1) is 11.6 Å². The molecule has 2 amide bonds. The molecule has 1 saturated heterocycles. The molecule has 4 atom stereocenters. The number of hydrogen-bond acceptors (Lipinski definition) is 6. The topological polar surface area (TPSA) is 113 Å². The Bertz CT molecular complexity index is 1380. The number of nitrogens with zero attached hydrogens (tertiary/aromatic N) is 3. The van der Waals surface area contributed by atoms with Gasteiger partial charge in [0, 0.05) is 37.0 Å². The highest BCUT2D eigenvalue weighted by atomic mass is 19.1. The number of benzene rings is 1. The maximum atomic E-state index is 15.5. The van der Waals surface area contributed by atoms with Gasteiger partial charge >= 0.3 is 0 Å². The number of amides is 2. The standard InChI is InChI=1S/C24H23F3N4O5/c1-11-5-6-24(21(27)12(2)29-36-24)17-10-30(11)23(35)18-20(33)19(32)15(9-31(17)18)22(34)28-8-13-3-4-14(25)7-16(13)26/h3-4,7,9,11,17,21,33H,5-6,8,10H2,1-2H3,(H,28,34)/t11-,17+,21+,24+/m0/s1. The minimum atomic E-state index is -1.61. The number of fused-ring (bicyclic) bond motifs is 5. The predicted molar refractivity (Wildman–Crippen MR) is 120 cm³/mol. The second-order valence-electron chi connectivity index (χ2n) is 9.40.